The van der Waals surface area contributed by atoms with Crippen LogP contribution in [0.15, 0.2) is 11.2 Å². The van der Waals surface area contributed by atoms with Gasteiger partial charge >= 0.3 is 0 Å². The van der Waals surface area contributed by atoms with Crippen LogP contribution in [0, 0.1) is 5.82 Å². The smallest absolute Gasteiger partial charge is 0.190 e. The summed E-state index contributed by atoms with van der Waals surface area (Å²) in [4.78, 5) is 15.5. The first-order valence-corrected chi connectivity index (χ1v) is 9.27. The molecule has 0 unspecified atom stereocenters. The van der Waals surface area contributed by atoms with Gasteiger partial charge in [-0.2, -0.15) is 0 Å². The molecule has 0 aliphatic carbocycles. The Bertz CT molecular complexity index is 832. The lowest BCUT2D eigenvalue weighted by Gasteiger charge is -2.28. The number of nitrogens with zero attached hydrogens (tertiary/aromatic N) is 4. The molecule has 0 spiro atoms. The summed E-state index contributed by atoms with van der Waals surface area (Å²) in [5.41, 5.74) is 0.842. The van der Waals surface area contributed by atoms with Gasteiger partial charge in [-0.05, 0) is 18.2 Å². The number of ether oxygens (including phenoxy) is 1. The zero-order chi connectivity index (χ0) is 16.7. The predicted octanol–water partition coefficient (Wildman–Crippen LogP) is 3.55. The molecule has 1 atom stereocenters. The largest absolute Gasteiger partial charge is 0.379 e. The van der Waals surface area contributed by atoms with Crippen LogP contribution < -0.4 is 4.90 Å². The Morgan fingerprint density at radius 1 is 1.42 bits per heavy atom. The number of halogens is 2. The van der Waals surface area contributed by atoms with Crippen molar-refractivity contribution in [2.75, 3.05) is 30.4 Å². The molecule has 5 nitrogen and oxygen atoms in total. The van der Waals surface area contributed by atoms with Crippen LogP contribution in [-0.2, 0) is 4.74 Å². The van der Waals surface area contributed by atoms with Gasteiger partial charge in [-0.3, -0.25) is 0 Å². The van der Waals surface area contributed by atoms with Crippen molar-refractivity contribution < 1.29 is 9.13 Å². The number of pyridine rings is 1. The lowest BCUT2D eigenvalue weighted by molar-refractivity contribution is 0.142. The summed E-state index contributed by atoms with van der Waals surface area (Å²) < 4.78 is 20.3. The summed E-state index contributed by atoms with van der Waals surface area (Å²) in [5, 5.41) is 1.02. The normalized spacial score (nSPS) is 20.0. The second kappa shape index (κ2) is 6.46. The average molecular weight is 367 g/mol. The molecular formula is C16H16ClFN4OS. The van der Waals surface area contributed by atoms with Crippen LogP contribution >= 0.6 is 23.4 Å². The third-order valence-electron chi connectivity index (χ3n) is 4.13. The molecule has 0 saturated carbocycles. The van der Waals surface area contributed by atoms with Crippen molar-refractivity contribution in [3.05, 3.63) is 22.7 Å². The maximum atomic E-state index is 14.6. The van der Waals surface area contributed by atoms with E-state index in [1.807, 2.05) is 19.1 Å². The molecule has 0 amide bonds. The number of anilines is 1. The van der Waals surface area contributed by atoms with Crippen LogP contribution in [-0.4, -0.2) is 46.5 Å². The Morgan fingerprint density at radius 2 is 2.29 bits per heavy atom. The molecule has 1 saturated heterocycles. The highest BCUT2D eigenvalue weighted by atomic mass is 35.5. The first kappa shape index (κ1) is 16.1. The number of hydrogen-bond donors (Lipinski definition) is 0. The number of hydrogen-bond acceptors (Lipinski definition) is 6. The van der Waals surface area contributed by atoms with Crippen molar-refractivity contribution in [2.24, 2.45) is 0 Å². The highest BCUT2D eigenvalue weighted by Crippen LogP contribution is 2.36. The van der Waals surface area contributed by atoms with Crippen LogP contribution in [0.1, 0.15) is 19.0 Å². The molecule has 4 heterocycles. The van der Waals surface area contributed by atoms with Crippen LogP contribution in [0.4, 0.5) is 10.2 Å². The lowest BCUT2D eigenvalue weighted by Crippen LogP contribution is -2.36. The summed E-state index contributed by atoms with van der Waals surface area (Å²) in [6.45, 7) is 4.09. The fourth-order valence-electron chi connectivity index (χ4n) is 3.08. The molecule has 0 bridgehead atoms. The molecule has 4 rings (SSSR count). The summed E-state index contributed by atoms with van der Waals surface area (Å²) in [6.07, 6.45) is 4.78. The molecule has 2 aromatic heterocycles. The standard InChI is InChI=1S/C16H16ClFN4OS/c1-2-24-16-20-13-11-10(19-14(17)12(13)18)5-4-9-8-23-7-3-6-22(9)15(11)21-16/h4-5,9H,2-3,6-8H2,1H3/t9-/m0/s1. The summed E-state index contributed by atoms with van der Waals surface area (Å²) >= 11 is 7.47. The van der Waals surface area contributed by atoms with Crippen LogP contribution in [0.2, 0.25) is 5.15 Å². The van der Waals surface area contributed by atoms with E-state index in [0.717, 1.165) is 24.5 Å². The van der Waals surface area contributed by atoms with Crippen LogP contribution in [0.25, 0.3) is 17.0 Å². The van der Waals surface area contributed by atoms with E-state index in [9.17, 15) is 4.39 Å². The molecule has 0 aromatic carbocycles. The Labute approximate surface area is 148 Å². The summed E-state index contributed by atoms with van der Waals surface area (Å²) in [5.74, 6) is 0.938. The third-order valence-corrected chi connectivity index (χ3v) is 5.11. The number of aromatic nitrogens is 3. The zero-order valence-corrected chi connectivity index (χ0v) is 14.7. The highest BCUT2D eigenvalue weighted by Gasteiger charge is 2.29. The Kier molecular flexibility index (Phi) is 4.32. The van der Waals surface area contributed by atoms with Gasteiger partial charge in [0.2, 0.25) is 0 Å². The van der Waals surface area contributed by atoms with Gasteiger partial charge in [0.1, 0.15) is 11.3 Å². The molecule has 1 fully saturated rings. The van der Waals surface area contributed by atoms with Gasteiger partial charge in [-0.25, -0.2) is 19.3 Å². The number of rotatable bonds is 2. The fourth-order valence-corrected chi connectivity index (χ4v) is 3.82. The van der Waals surface area contributed by atoms with Crippen molar-refractivity contribution in [1.82, 2.24) is 15.0 Å². The SMILES string of the molecule is CCSc1nc2c3c(nc(Cl)c(F)c3n1)C=C[C@H]1COCCCN21. The van der Waals surface area contributed by atoms with Crippen molar-refractivity contribution in [1.29, 1.82) is 0 Å². The Hall–Kier alpha value is -1.44. The van der Waals surface area contributed by atoms with E-state index in [1.54, 1.807) is 0 Å². The highest BCUT2D eigenvalue weighted by molar-refractivity contribution is 7.99. The van der Waals surface area contributed by atoms with Gasteiger partial charge < -0.3 is 9.64 Å². The average Bonchev–Trinajstić information content (AvgIpc) is 2.88. The van der Waals surface area contributed by atoms with E-state index in [1.165, 1.54) is 11.8 Å². The monoisotopic (exact) mass is 366 g/mol. The van der Waals surface area contributed by atoms with Gasteiger partial charge in [0.05, 0.1) is 23.7 Å². The zero-order valence-electron chi connectivity index (χ0n) is 13.1. The van der Waals surface area contributed by atoms with Gasteiger partial charge in [-0.1, -0.05) is 36.4 Å². The topological polar surface area (TPSA) is 51.1 Å². The van der Waals surface area contributed by atoms with E-state index in [4.69, 9.17) is 21.3 Å². The third kappa shape index (κ3) is 2.64. The van der Waals surface area contributed by atoms with E-state index in [2.05, 4.69) is 14.9 Å². The molecule has 24 heavy (non-hydrogen) atoms. The maximum Gasteiger partial charge on any atom is 0.190 e. The molecule has 0 radical (unpaired) electrons. The predicted molar refractivity (Wildman–Crippen MR) is 94.3 cm³/mol. The van der Waals surface area contributed by atoms with E-state index in [0.29, 0.717) is 29.5 Å². The minimum absolute atomic E-state index is 0.0427. The Morgan fingerprint density at radius 3 is 3.12 bits per heavy atom. The molecule has 126 valence electrons. The molecule has 0 N–H and O–H groups in total. The second-order valence-corrected chi connectivity index (χ2v) is 7.23. The first-order valence-electron chi connectivity index (χ1n) is 7.91. The van der Waals surface area contributed by atoms with Crippen molar-refractivity contribution in [2.45, 2.75) is 24.5 Å². The van der Waals surface area contributed by atoms with E-state index >= 15 is 0 Å². The number of thioether (sulfide) groups is 1. The molecule has 2 aromatic rings. The van der Waals surface area contributed by atoms with Gasteiger partial charge in [0, 0.05) is 13.2 Å². The fraction of sp³-hybridized carbons (Fsp3) is 0.438. The lowest BCUT2D eigenvalue weighted by atomic mass is 10.2. The minimum atomic E-state index is -0.588. The second-order valence-electron chi connectivity index (χ2n) is 5.64. The molecule has 2 aliphatic heterocycles. The molecular weight excluding hydrogens is 351 g/mol. The molecule has 2 aliphatic rings. The van der Waals surface area contributed by atoms with E-state index < -0.39 is 5.82 Å². The van der Waals surface area contributed by atoms with Gasteiger partial charge in [0.25, 0.3) is 0 Å². The van der Waals surface area contributed by atoms with Crippen LogP contribution in [0.3, 0.4) is 0 Å². The van der Waals surface area contributed by atoms with E-state index in [-0.39, 0.29) is 16.7 Å². The Balaban J connectivity index is 2.02. The van der Waals surface area contributed by atoms with Gasteiger partial charge in [0.15, 0.2) is 16.1 Å². The summed E-state index contributed by atoms with van der Waals surface area (Å²) in [6, 6.07) is 0.0427. The first-order chi connectivity index (χ1) is 11.7. The quantitative estimate of drug-likeness (QED) is 0.460. The number of fused-ring (bicyclic) bond motifs is 2. The van der Waals surface area contributed by atoms with Crippen LogP contribution in [0.5, 0.6) is 0 Å². The summed E-state index contributed by atoms with van der Waals surface area (Å²) in [7, 11) is 0. The van der Waals surface area contributed by atoms with Crippen molar-refractivity contribution in [3.8, 4) is 0 Å². The van der Waals surface area contributed by atoms with Crippen molar-refractivity contribution >= 4 is 46.2 Å². The van der Waals surface area contributed by atoms with Crippen molar-refractivity contribution in [3.63, 3.8) is 0 Å². The maximum absolute atomic E-state index is 14.6. The molecule has 8 heteroatoms. The van der Waals surface area contributed by atoms with Gasteiger partial charge in [-0.15, -0.1) is 0 Å². The minimum Gasteiger partial charge on any atom is -0.379 e.